The number of hydrogen-bond donors (Lipinski definition) is 3. The molecule has 0 bridgehead atoms. The van der Waals surface area contributed by atoms with Crippen LogP contribution in [0.15, 0.2) is 18.2 Å². The Hall–Kier alpha value is -2.90. The van der Waals surface area contributed by atoms with Crippen molar-refractivity contribution in [2.75, 3.05) is 25.2 Å². The summed E-state index contributed by atoms with van der Waals surface area (Å²) < 4.78 is 6.16. The standard InChI is InChI=1S/C18H21IN4O7/c1-30-13-3-2-11(19)8-12(13)22-5-4-16(26)23(18(22)29)9-21-15(25)7-10(17(27)28)6-14(20)24/h2-3,8,10H,4-7,9H2,1H3,(H2,20,24)(H,21,25)(H,27,28)/t10-/m0/s1. The number of nitrogens with zero attached hydrogens (tertiary/aromatic N) is 2. The quantitative estimate of drug-likeness (QED) is 0.391. The molecular formula is C18H21IN4O7. The van der Waals surface area contributed by atoms with E-state index in [1.165, 1.54) is 12.0 Å². The first-order chi connectivity index (χ1) is 14.1. The zero-order valence-corrected chi connectivity index (χ0v) is 18.2. The number of ether oxygens (including phenoxy) is 1. The van der Waals surface area contributed by atoms with Gasteiger partial charge in [-0.15, -0.1) is 0 Å². The number of methoxy groups -OCH3 is 1. The van der Waals surface area contributed by atoms with Crippen LogP contribution in [0, 0.1) is 9.49 Å². The lowest BCUT2D eigenvalue weighted by atomic mass is 10.0. The van der Waals surface area contributed by atoms with E-state index >= 15 is 0 Å². The first kappa shape index (κ1) is 23.4. The number of carboxylic acids is 1. The molecule has 1 aromatic carbocycles. The molecule has 1 atom stereocenters. The molecule has 0 spiro atoms. The van der Waals surface area contributed by atoms with Gasteiger partial charge in [-0.05, 0) is 40.8 Å². The molecule has 162 valence electrons. The normalized spacial score (nSPS) is 15.0. The van der Waals surface area contributed by atoms with Crippen molar-refractivity contribution in [3.05, 3.63) is 21.8 Å². The summed E-state index contributed by atoms with van der Waals surface area (Å²) in [4.78, 5) is 61.5. The largest absolute Gasteiger partial charge is 0.495 e. The zero-order chi connectivity index (χ0) is 22.4. The molecule has 1 heterocycles. The number of carbonyl (C=O) groups excluding carboxylic acids is 4. The van der Waals surface area contributed by atoms with Crippen LogP contribution in [0.2, 0.25) is 0 Å². The summed E-state index contributed by atoms with van der Waals surface area (Å²) >= 11 is 2.09. The minimum Gasteiger partial charge on any atom is -0.495 e. The summed E-state index contributed by atoms with van der Waals surface area (Å²) in [5.74, 6) is -4.23. The molecule has 0 unspecified atom stereocenters. The van der Waals surface area contributed by atoms with Crippen LogP contribution in [0.25, 0.3) is 0 Å². The molecule has 1 fully saturated rings. The first-order valence-corrected chi connectivity index (χ1v) is 9.95. The number of carbonyl (C=O) groups is 5. The first-order valence-electron chi connectivity index (χ1n) is 8.87. The average molecular weight is 532 g/mol. The van der Waals surface area contributed by atoms with Gasteiger partial charge in [-0.2, -0.15) is 0 Å². The van der Waals surface area contributed by atoms with Crippen molar-refractivity contribution in [1.29, 1.82) is 0 Å². The fraction of sp³-hybridized carbons (Fsp3) is 0.389. The molecule has 30 heavy (non-hydrogen) atoms. The van der Waals surface area contributed by atoms with E-state index in [0.717, 1.165) is 8.47 Å². The number of primary amides is 1. The number of benzene rings is 1. The number of hydrogen-bond acceptors (Lipinski definition) is 6. The second kappa shape index (κ2) is 10.2. The van der Waals surface area contributed by atoms with Crippen molar-refractivity contribution in [3.8, 4) is 5.75 Å². The maximum absolute atomic E-state index is 12.9. The van der Waals surface area contributed by atoms with Gasteiger partial charge in [-0.1, -0.05) is 0 Å². The predicted molar refractivity (Wildman–Crippen MR) is 112 cm³/mol. The summed E-state index contributed by atoms with van der Waals surface area (Å²) in [7, 11) is 1.47. The second-order valence-electron chi connectivity index (χ2n) is 6.49. The van der Waals surface area contributed by atoms with Gasteiger partial charge >= 0.3 is 12.0 Å². The van der Waals surface area contributed by atoms with Crippen LogP contribution >= 0.6 is 22.6 Å². The van der Waals surface area contributed by atoms with E-state index in [9.17, 15) is 24.0 Å². The predicted octanol–water partition coefficient (Wildman–Crippen LogP) is 0.499. The van der Waals surface area contributed by atoms with Crippen LogP contribution in [-0.2, 0) is 19.2 Å². The Bertz CT molecular complexity index is 876. The fourth-order valence-corrected chi connectivity index (χ4v) is 3.37. The highest BCUT2D eigenvalue weighted by atomic mass is 127. The lowest BCUT2D eigenvalue weighted by Crippen LogP contribution is -2.55. The van der Waals surface area contributed by atoms with E-state index in [1.54, 1.807) is 12.1 Å². The number of nitrogens with two attached hydrogens (primary N) is 1. The Balaban J connectivity index is 2.08. The van der Waals surface area contributed by atoms with Gasteiger partial charge < -0.3 is 20.9 Å². The van der Waals surface area contributed by atoms with Crippen LogP contribution in [-0.4, -0.2) is 60.1 Å². The van der Waals surface area contributed by atoms with Crippen molar-refractivity contribution < 1.29 is 33.8 Å². The summed E-state index contributed by atoms with van der Waals surface area (Å²) in [6.45, 7) is -0.277. The van der Waals surface area contributed by atoms with Crippen molar-refractivity contribution in [2.24, 2.45) is 11.7 Å². The van der Waals surface area contributed by atoms with Gasteiger partial charge in [-0.3, -0.25) is 24.1 Å². The number of aliphatic carboxylic acids is 1. The van der Waals surface area contributed by atoms with E-state index in [-0.39, 0.29) is 13.0 Å². The van der Waals surface area contributed by atoms with Gasteiger partial charge in [0, 0.05) is 29.4 Å². The Morgan fingerprint density at radius 1 is 1.30 bits per heavy atom. The lowest BCUT2D eigenvalue weighted by Gasteiger charge is -2.34. The van der Waals surface area contributed by atoms with Gasteiger partial charge in [0.2, 0.25) is 17.7 Å². The minimum absolute atomic E-state index is 0.0374. The van der Waals surface area contributed by atoms with Crippen LogP contribution in [0.3, 0.4) is 0 Å². The van der Waals surface area contributed by atoms with Crippen molar-refractivity contribution in [1.82, 2.24) is 10.2 Å². The summed E-state index contributed by atoms with van der Waals surface area (Å²) in [5.41, 5.74) is 5.48. The zero-order valence-electron chi connectivity index (χ0n) is 16.1. The summed E-state index contributed by atoms with van der Waals surface area (Å²) in [6, 6.07) is 4.62. The maximum Gasteiger partial charge on any atom is 0.332 e. The molecule has 5 amide bonds. The number of rotatable bonds is 9. The number of carboxylic acid groups (broad SMARTS) is 1. The third-order valence-corrected chi connectivity index (χ3v) is 5.08. The number of amides is 5. The van der Waals surface area contributed by atoms with E-state index in [0.29, 0.717) is 11.4 Å². The van der Waals surface area contributed by atoms with Gasteiger partial charge in [-0.25, -0.2) is 9.69 Å². The molecule has 4 N–H and O–H groups in total. The molecule has 1 saturated heterocycles. The molecule has 0 aliphatic carbocycles. The lowest BCUT2D eigenvalue weighted by molar-refractivity contribution is -0.146. The van der Waals surface area contributed by atoms with E-state index in [4.69, 9.17) is 15.6 Å². The summed E-state index contributed by atoms with van der Waals surface area (Å²) in [5, 5.41) is 11.4. The molecule has 1 aliphatic rings. The monoisotopic (exact) mass is 532 g/mol. The van der Waals surface area contributed by atoms with Gasteiger partial charge in [0.25, 0.3) is 0 Å². The van der Waals surface area contributed by atoms with Crippen molar-refractivity contribution >= 4 is 58.0 Å². The number of nitrogens with one attached hydrogen (secondary N) is 1. The summed E-state index contributed by atoms with van der Waals surface area (Å²) in [6.07, 6.45) is -0.969. The van der Waals surface area contributed by atoms with E-state index < -0.39 is 55.2 Å². The number of halogens is 1. The van der Waals surface area contributed by atoms with Gasteiger partial charge in [0.1, 0.15) is 12.4 Å². The highest BCUT2D eigenvalue weighted by Crippen LogP contribution is 2.32. The van der Waals surface area contributed by atoms with Crippen LogP contribution in [0.5, 0.6) is 5.75 Å². The van der Waals surface area contributed by atoms with Crippen LogP contribution in [0.1, 0.15) is 19.3 Å². The Labute approximate surface area is 185 Å². The SMILES string of the molecule is COc1ccc(I)cc1N1CCC(=O)N(CNC(=O)C[C@H](CC(N)=O)C(=O)O)C1=O. The molecule has 0 saturated carbocycles. The molecule has 2 rings (SSSR count). The second-order valence-corrected chi connectivity index (χ2v) is 7.74. The third kappa shape index (κ3) is 5.81. The molecular weight excluding hydrogens is 511 g/mol. The average Bonchev–Trinajstić information content (AvgIpc) is 2.67. The molecule has 0 radical (unpaired) electrons. The topological polar surface area (TPSA) is 159 Å². The number of imide groups is 1. The molecule has 11 nitrogen and oxygen atoms in total. The van der Waals surface area contributed by atoms with Gasteiger partial charge in [0.15, 0.2) is 0 Å². The molecule has 1 aromatic rings. The van der Waals surface area contributed by atoms with Crippen molar-refractivity contribution in [2.45, 2.75) is 19.3 Å². The number of anilines is 1. The Morgan fingerprint density at radius 3 is 2.60 bits per heavy atom. The third-order valence-electron chi connectivity index (χ3n) is 4.41. The van der Waals surface area contributed by atoms with E-state index in [1.807, 2.05) is 6.07 Å². The molecule has 0 aromatic heterocycles. The smallest absolute Gasteiger partial charge is 0.332 e. The maximum atomic E-state index is 12.9. The molecule has 1 aliphatic heterocycles. The van der Waals surface area contributed by atoms with Crippen LogP contribution < -0.4 is 20.7 Å². The molecule has 12 heteroatoms. The van der Waals surface area contributed by atoms with E-state index in [2.05, 4.69) is 27.9 Å². The Kier molecular flexibility index (Phi) is 7.97. The Morgan fingerprint density at radius 2 is 2.00 bits per heavy atom. The highest BCUT2D eigenvalue weighted by molar-refractivity contribution is 14.1. The minimum atomic E-state index is -1.34. The van der Waals surface area contributed by atoms with Crippen LogP contribution in [0.4, 0.5) is 10.5 Å². The fourth-order valence-electron chi connectivity index (χ4n) is 2.90. The van der Waals surface area contributed by atoms with Gasteiger partial charge in [0.05, 0.1) is 18.7 Å². The highest BCUT2D eigenvalue weighted by Gasteiger charge is 2.34. The number of urea groups is 1. The van der Waals surface area contributed by atoms with Crippen molar-refractivity contribution in [3.63, 3.8) is 0 Å².